The van der Waals surface area contributed by atoms with Crippen LogP contribution in [0.3, 0.4) is 0 Å². The number of benzene rings is 4. The van der Waals surface area contributed by atoms with Crippen LogP contribution in [-0.2, 0) is 74.0 Å². The Morgan fingerprint density at radius 2 is 1.06 bits per heavy atom. The highest BCUT2D eigenvalue weighted by Gasteiger charge is 2.48. The number of nitrogens with one attached hydrogen (secondary N) is 3. The molecule has 4 aromatic carbocycles. The van der Waals surface area contributed by atoms with E-state index in [0.29, 0.717) is 0 Å². The van der Waals surface area contributed by atoms with Crippen LogP contribution in [0.2, 0.25) is 0 Å². The lowest BCUT2D eigenvalue weighted by Gasteiger charge is -2.45. The van der Waals surface area contributed by atoms with E-state index in [1.807, 2.05) is 128 Å². The molecule has 7 atom stereocenters. The van der Waals surface area contributed by atoms with Crippen LogP contribution in [0.15, 0.2) is 121 Å². The zero-order valence-electron chi connectivity index (χ0n) is 36.0. The molecule has 14 nitrogen and oxygen atoms in total. The Hall–Kier alpha value is -5.64. The van der Waals surface area contributed by atoms with Gasteiger partial charge in [0.2, 0.25) is 11.8 Å². The molecule has 4 aromatic rings. The third kappa shape index (κ3) is 15.7. The first-order valence-corrected chi connectivity index (χ1v) is 20.8. The van der Waals surface area contributed by atoms with E-state index < -0.39 is 78.9 Å². The standard InChI is InChI=1S/C48H59N3O11/c1-33-41(57-29-35-20-12-7-13-21-35)42(58-30-36-22-14-8-15-23-36)43(59-31-37-24-16-9-17-25-37)46(61-33)60-32-39(51-47(55)62-48(2,3)4)45(54)50-38(44(53)49-5)26-27-40(52)56-28-34-18-10-6-11-19-34/h6-25,33,38-39,41-43,46H,26-32H2,1-5H3,(H,49,53)(H,50,54)(H,51,55)/t33-,38+,39+,41+,42+,43-,46+/m0/s1. The molecular formula is C48H59N3O11. The van der Waals surface area contributed by atoms with E-state index in [2.05, 4.69) is 16.0 Å². The third-order valence-electron chi connectivity index (χ3n) is 9.78. The molecule has 3 amide bonds. The second-order valence-corrected chi connectivity index (χ2v) is 15.9. The number of rotatable bonds is 21. The van der Waals surface area contributed by atoms with Crippen molar-refractivity contribution in [1.82, 2.24) is 16.0 Å². The average Bonchev–Trinajstić information content (AvgIpc) is 3.27. The van der Waals surface area contributed by atoms with Crippen LogP contribution >= 0.6 is 0 Å². The number of carbonyl (C=O) groups excluding carboxylic acids is 4. The molecule has 0 unspecified atom stereocenters. The summed E-state index contributed by atoms with van der Waals surface area (Å²) in [4.78, 5) is 53.0. The molecule has 1 saturated heterocycles. The predicted molar refractivity (Wildman–Crippen MR) is 230 cm³/mol. The Bertz CT molecular complexity index is 1970. The smallest absolute Gasteiger partial charge is 0.408 e. The van der Waals surface area contributed by atoms with Crippen LogP contribution in [0.5, 0.6) is 0 Å². The summed E-state index contributed by atoms with van der Waals surface area (Å²) in [5.74, 6) is -1.87. The number of esters is 1. The normalized spacial score (nSPS) is 19.7. The van der Waals surface area contributed by atoms with Crippen LogP contribution in [0.4, 0.5) is 4.79 Å². The van der Waals surface area contributed by atoms with E-state index in [1.165, 1.54) is 7.05 Å². The quantitative estimate of drug-likeness (QED) is 0.0823. The van der Waals surface area contributed by atoms with Gasteiger partial charge in [0.15, 0.2) is 6.29 Å². The summed E-state index contributed by atoms with van der Waals surface area (Å²) in [5, 5.41) is 7.80. The molecule has 0 bridgehead atoms. The van der Waals surface area contributed by atoms with Crippen LogP contribution < -0.4 is 16.0 Å². The second-order valence-electron chi connectivity index (χ2n) is 15.9. The van der Waals surface area contributed by atoms with Gasteiger partial charge in [0.25, 0.3) is 0 Å². The van der Waals surface area contributed by atoms with Crippen molar-refractivity contribution in [1.29, 1.82) is 0 Å². The number of hydrogen-bond acceptors (Lipinski definition) is 11. The van der Waals surface area contributed by atoms with Crippen molar-refractivity contribution < 1.29 is 52.3 Å². The molecule has 332 valence electrons. The monoisotopic (exact) mass is 853 g/mol. The zero-order chi connectivity index (χ0) is 44.3. The van der Waals surface area contributed by atoms with Gasteiger partial charge in [-0.1, -0.05) is 121 Å². The second kappa shape index (κ2) is 24.1. The van der Waals surface area contributed by atoms with Crippen molar-refractivity contribution in [3.63, 3.8) is 0 Å². The minimum absolute atomic E-state index is 0.0614. The Labute approximate surface area is 363 Å². The van der Waals surface area contributed by atoms with E-state index in [9.17, 15) is 19.2 Å². The number of ether oxygens (including phenoxy) is 7. The molecule has 3 N–H and O–H groups in total. The summed E-state index contributed by atoms with van der Waals surface area (Å²) >= 11 is 0. The highest BCUT2D eigenvalue weighted by Crippen LogP contribution is 2.31. The van der Waals surface area contributed by atoms with Crippen molar-refractivity contribution in [2.75, 3.05) is 13.7 Å². The van der Waals surface area contributed by atoms with Crippen LogP contribution in [0, 0.1) is 0 Å². The predicted octanol–water partition coefficient (Wildman–Crippen LogP) is 6.15. The lowest BCUT2D eigenvalue weighted by molar-refractivity contribution is -0.320. The molecular weight excluding hydrogens is 795 g/mol. The fourth-order valence-electron chi connectivity index (χ4n) is 6.61. The average molecular weight is 854 g/mol. The van der Waals surface area contributed by atoms with Gasteiger partial charge in [-0.3, -0.25) is 14.4 Å². The Morgan fingerprint density at radius 1 is 0.597 bits per heavy atom. The van der Waals surface area contributed by atoms with Gasteiger partial charge in [0.05, 0.1) is 32.5 Å². The van der Waals surface area contributed by atoms with Crippen molar-refractivity contribution in [3.8, 4) is 0 Å². The van der Waals surface area contributed by atoms with Gasteiger partial charge in [-0.2, -0.15) is 0 Å². The maximum Gasteiger partial charge on any atom is 0.408 e. The van der Waals surface area contributed by atoms with Crippen molar-refractivity contribution in [2.24, 2.45) is 0 Å². The maximum absolute atomic E-state index is 14.1. The number of hydrogen-bond donors (Lipinski definition) is 3. The first kappa shape index (κ1) is 47.4. The maximum atomic E-state index is 14.1. The highest BCUT2D eigenvalue weighted by atomic mass is 16.7. The molecule has 1 aliphatic heterocycles. The van der Waals surface area contributed by atoms with Crippen molar-refractivity contribution in [3.05, 3.63) is 144 Å². The molecule has 0 saturated carbocycles. The molecule has 5 rings (SSSR count). The van der Waals surface area contributed by atoms with Gasteiger partial charge in [0.1, 0.15) is 42.6 Å². The summed E-state index contributed by atoms with van der Waals surface area (Å²) < 4.78 is 43.6. The van der Waals surface area contributed by atoms with Crippen LogP contribution in [-0.4, -0.2) is 85.9 Å². The molecule has 0 aliphatic carbocycles. The van der Waals surface area contributed by atoms with Gasteiger partial charge >= 0.3 is 12.1 Å². The van der Waals surface area contributed by atoms with Gasteiger partial charge in [0, 0.05) is 13.5 Å². The lowest BCUT2D eigenvalue weighted by atomic mass is 9.98. The number of likely N-dealkylation sites (N-methyl/N-ethyl adjacent to an activating group) is 1. The van der Waals surface area contributed by atoms with E-state index in [0.717, 1.165) is 22.3 Å². The van der Waals surface area contributed by atoms with Crippen molar-refractivity contribution in [2.45, 2.75) is 115 Å². The molecule has 1 fully saturated rings. The number of carbonyl (C=O) groups is 4. The van der Waals surface area contributed by atoms with E-state index in [1.54, 1.807) is 20.8 Å². The number of alkyl carbamates (subject to hydrolysis) is 1. The summed E-state index contributed by atoms with van der Waals surface area (Å²) in [6, 6.07) is 35.7. The summed E-state index contributed by atoms with van der Waals surface area (Å²) in [5.41, 5.74) is 2.69. The van der Waals surface area contributed by atoms with Crippen LogP contribution in [0.25, 0.3) is 0 Å². The summed E-state index contributed by atoms with van der Waals surface area (Å²) in [7, 11) is 1.42. The lowest BCUT2D eigenvalue weighted by Crippen LogP contribution is -2.61. The molecule has 0 aromatic heterocycles. The molecule has 1 aliphatic rings. The van der Waals surface area contributed by atoms with Crippen LogP contribution in [0.1, 0.15) is 62.8 Å². The fourth-order valence-corrected chi connectivity index (χ4v) is 6.61. The Kier molecular flexibility index (Phi) is 18.4. The molecule has 0 radical (unpaired) electrons. The first-order chi connectivity index (χ1) is 29.9. The first-order valence-electron chi connectivity index (χ1n) is 20.8. The van der Waals surface area contributed by atoms with E-state index in [-0.39, 0.29) is 39.3 Å². The highest BCUT2D eigenvalue weighted by molar-refractivity contribution is 5.91. The number of amides is 3. The molecule has 14 heteroatoms. The third-order valence-corrected chi connectivity index (χ3v) is 9.78. The fraction of sp³-hybridized carbons (Fsp3) is 0.417. The molecule has 1 heterocycles. The zero-order valence-corrected chi connectivity index (χ0v) is 36.0. The summed E-state index contributed by atoms with van der Waals surface area (Å²) in [6.45, 7) is 7.22. The SMILES string of the molecule is CNC(=O)[C@@H](CCC(=O)OCc1ccccc1)NC(=O)[C@@H](CO[C@@H]1O[C@@H](C)[C@@H](OCc2ccccc2)[C@@H](OCc2ccccc2)[C@@H]1OCc1ccccc1)NC(=O)OC(C)(C)C. The van der Waals surface area contributed by atoms with Crippen molar-refractivity contribution >= 4 is 23.9 Å². The van der Waals surface area contributed by atoms with Gasteiger partial charge in [-0.15, -0.1) is 0 Å². The summed E-state index contributed by atoms with van der Waals surface area (Å²) in [6.07, 6.45) is -5.12. The van der Waals surface area contributed by atoms with Gasteiger partial charge < -0.3 is 49.1 Å². The van der Waals surface area contributed by atoms with E-state index >= 15 is 0 Å². The minimum Gasteiger partial charge on any atom is -0.461 e. The molecule has 62 heavy (non-hydrogen) atoms. The topological polar surface area (TPSA) is 169 Å². The Morgan fingerprint density at radius 3 is 1.55 bits per heavy atom. The minimum atomic E-state index is -1.40. The molecule has 0 spiro atoms. The largest absolute Gasteiger partial charge is 0.461 e. The Balaban J connectivity index is 1.37. The van der Waals surface area contributed by atoms with Gasteiger partial charge in [-0.25, -0.2) is 4.79 Å². The van der Waals surface area contributed by atoms with E-state index in [4.69, 9.17) is 33.2 Å². The van der Waals surface area contributed by atoms with Gasteiger partial charge in [-0.05, 0) is 56.4 Å².